The maximum Gasteiger partial charge on any atom is 0.222 e. The summed E-state index contributed by atoms with van der Waals surface area (Å²) < 4.78 is 0. The molecule has 22 heavy (non-hydrogen) atoms. The van der Waals surface area contributed by atoms with Crippen LogP contribution in [0.5, 0.6) is 0 Å². The molecule has 2 rings (SSSR count). The summed E-state index contributed by atoms with van der Waals surface area (Å²) in [5.74, 6) is 1.06. The molecule has 0 spiro atoms. The van der Waals surface area contributed by atoms with E-state index in [1.165, 1.54) is 12.8 Å². The van der Waals surface area contributed by atoms with E-state index < -0.39 is 0 Å². The third-order valence-electron chi connectivity index (χ3n) is 4.69. The average molecular weight is 332 g/mol. The van der Waals surface area contributed by atoms with E-state index in [4.69, 9.17) is 0 Å². The minimum absolute atomic E-state index is 0. The molecule has 0 aliphatic carbocycles. The Morgan fingerprint density at radius 1 is 1.23 bits per heavy atom. The molecule has 0 aromatic heterocycles. The number of amides is 2. The van der Waals surface area contributed by atoms with Gasteiger partial charge in [-0.1, -0.05) is 6.92 Å². The number of carbonyl (C=O) groups is 2. The Balaban J connectivity index is 0.00000242. The highest BCUT2D eigenvalue weighted by Gasteiger charge is 2.25. The van der Waals surface area contributed by atoms with Gasteiger partial charge < -0.3 is 15.5 Å². The molecule has 2 saturated heterocycles. The second kappa shape index (κ2) is 10.1. The van der Waals surface area contributed by atoms with Gasteiger partial charge in [0, 0.05) is 32.0 Å². The highest BCUT2D eigenvalue weighted by molar-refractivity contribution is 5.85. The summed E-state index contributed by atoms with van der Waals surface area (Å²) in [7, 11) is 0. The number of hydrogen-bond donors (Lipinski definition) is 2. The first kappa shape index (κ1) is 19.2. The van der Waals surface area contributed by atoms with Gasteiger partial charge in [-0.2, -0.15) is 0 Å². The summed E-state index contributed by atoms with van der Waals surface area (Å²) >= 11 is 0. The Morgan fingerprint density at radius 2 is 1.95 bits per heavy atom. The highest BCUT2D eigenvalue weighted by atomic mass is 35.5. The first-order valence-electron chi connectivity index (χ1n) is 8.47. The van der Waals surface area contributed by atoms with Crippen molar-refractivity contribution in [3.63, 3.8) is 0 Å². The molecule has 5 nitrogen and oxygen atoms in total. The topological polar surface area (TPSA) is 61.4 Å². The predicted molar refractivity (Wildman–Crippen MR) is 90.1 cm³/mol. The van der Waals surface area contributed by atoms with Gasteiger partial charge in [0.1, 0.15) is 0 Å². The lowest BCUT2D eigenvalue weighted by atomic mass is 9.93. The molecular formula is C16H30ClN3O2. The zero-order chi connectivity index (χ0) is 15.1. The van der Waals surface area contributed by atoms with Crippen molar-refractivity contribution in [2.75, 3.05) is 26.2 Å². The van der Waals surface area contributed by atoms with Gasteiger partial charge in [0.2, 0.25) is 11.8 Å². The molecule has 128 valence electrons. The van der Waals surface area contributed by atoms with Gasteiger partial charge in [-0.3, -0.25) is 9.59 Å². The van der Waals surface area contributed by atoms with E-state index in [1.807, 2.05) is 11.8 Å². The number of halogens is 1. The molecule has 0 saturated carbocycles. The van der Waals surface area contributed by atoms with E-state index in [9.17, 15) is 9.59 Å². The first-order chi connectivity index (χ1) is 10.2. The molecule has 1 atom stereocenters. The second-order valence-corrected chi connectivity index (χ2v) is 6.33. The van der Waals surface area contributed by atoms with Gasteiger partial charge in [-0.25, -0.2) is 0 Å². The fourth-order valence-electron chi connectivity index (χ4n) is 3.31. The molecule has 0 aromatic rings. The van der Waals surface area contributed by atoms with Crippen LogP contribution in [0.3, 0.4) is 0 Å². The number of rotatable bonds is 5. The fourth-order valence-corrected chi connectivity index (χ4v) is 3.31. The lowest BCUT2D eigenvalue weighted by molar-refractivity contribution is -0.134. The molecule has 2 fully saturated rings. The Hall–Kier alpha value is -0.810. The molecule has 0 bridgehead atoms. The van der Waals surface area contributed by atoms with Crippen LogP contribution >= 0.6 is 12.4 Å². The Kier molecular flexibility index (Phi) is 8.79. The minimum Gasteiger partial charge on any atom is -0.352 e. The van der Waals surface area contributed by atoms with Crippen molar-refractivity contribution >= 4 is 24.2 Å². The van der Waals surface area contributed by atoms with Crippen LogP contribution in [-0.4, -0.2) is 48.9 Å². The third-order valence-corrected chi connectivity index (χ3v) is 4.69. The van der Waals surface area contributed by atoms with E-state index >= 15 is 0 Å². The van der Waals surface area contributed by atoms with Crippen molar-refractivity contribution in [1.82, 2.24) is 15.5 Å². The molecule has 6 heteroatoms. The standard InChI is InChI=1S/C16H29N3O2.ClH/c1-2-15(20)18-14-4-3-11-19(12-14)16(21)6-5-13-7-9-17-10-8-13;/h13-14,17H,2-12H2,1H3,(H,18,20);1H. The molecule has 2 aliphatic rings. The minimum atomic E-state index is 0. The van der Waals surface area contributed by atoms with Crippen molar-refractivity contribution in [2.24, 2.45) is 5.92 Å². The smallest absolute Gasteiger partial charge is 0.222 e. The van der Waals surface area contributed by atoms with Crippen LogP contribution in [0.1, 0.15) is 51.9 Å². The summed E-state index contributed by atoms with van der Waals surface area (Å²) in [6, 6.07) is 0.147. The van der Waals surface area contributed by atoms with E-state index in [1.54, 1.807) is 0 Å². The Morgan fingerprint density at radius 3 is 2.64 bits per heavy atom. The molecule has 2 amide bonds. The number of hydrogen-bond acceptors (Lipinski definition) is 3. The fraction of sp³-hybridized carbons (Fsp3) is 0.875. The van der Waals surface area contributed by atoms with Crippen LogP contribution in [0.4, 0.5) is 0 Å². The van der Waals surface area contributed by atoms with Crippen LogP contribution in [0.2, 0.25) is 0 Å². The summed E-state index contributed by atoms with van der Waals surface area (Å²) in [5.41, 5.74) is 0. The summed E-state index contributed by atoms with van der Waals surface area (Å²) in [4.78, 5) is 25.8. The third kappa shape index (κ3) is 6.13. The molecule has 0 aromatic carbocycles. The molecule has 2 aliphatic heterocycles. The number of nitrogens with zero attached hydrogens (tertiary/aromatic N) is 1. The predicted octanol–water partition coefficient (Wildman–Crippen LogP) is 1.71. The first-order valence-corrected chi connectivity index (χ1v) is 8.47. The van der Waals surface area contributed by atoms with E-state index in [0.29, 0.717) is 25.3 Å². The van der Waals surface area contributed by atoms with Crippen molar-refractivity contribution in [1.29, 1.82) is 0 Å². The van der Waals surface area contributed by atoms with Crippen LogP contribution in [0.15, 0.2) is 0 Å². The largest absolute Gasteiger partial charge is 0.352 e. The number of piperidine rings is 2. The molecule has 0 radical (unpaired) electrons. The normalized spacial score (nSPS) is 22.8. The zero-order valence-electron chi connectivity index (χ0n) is 13.6. The summed E-state index contributed by atoms with van der Waals surface area (Å²) in [6.07, 6.45) is 6.57. The van der Waals surface area contributed by atoms with Gasteiger partial charge >= 0.3 is 0 Å². The van der Waals surface area contributed by atoms with Crippen LogP contribution in [0, 0.1) is 5.92 Å². The van der Waals surface area contributed by atoms with Crippen molar-refractivity contribution in [3.05, 3.63) is 0 Å². The van der Waals surface area contributed by atoms with Crippen LogP contribution in [0.25, 0.3) is 0 Å². The molecule has 2 heterocycles. The number of carbonyl (C=O) groups excluding carboxylic acids is 2. The zero-order valence-corrected chi connectivity index (χ0v) is 14.4. The van der Waals surface area contributed by atoms with E-state index in [0.717, 1.165) is 38.9 Å². The maximum atomic E-state index is 12.3. The van der Waals surface area contributed by atoms with Gasteiger partial charge in [-0.05, 0) is 51.1 Å². The lowest BCUT2D eigenvalue weighted by Gasteiger charge is -2.33. The molecule has 1 unspecified atom stereocenters. The monoisotopic (exact) mass is 331 g/mol. The second-order valence-electron chi connectivity index (χ2n) is 6.33. The van der Waals surface area contributed by atoms with E-state index in [-0.39, 0.29) is 30.3 Å². The number of likely N-dealkylation sites (tertiary alicyclic amines) is 1. The summed E-state index contributed by atoms with van der Waals surface area (Å²) in [6.45, 7) is 5.59. The number of nitrogens with one attached hydrogen (secondary N) is 2. The van der Waals surface area contributed by atoms with Gasteiger partial charge in [0.25, 0.3) is 0 Å². The van der Waals surface area contributed by atoms with Gasteiger partial charge in [0.05, 0.1) is 0 Å². The van der Waals surface area contributed by atoms with Crippen molar-refractivity contribution in [2.45, 2.75) is 57.9 Å². The van der Waals surface area contributed by atoms with Crippen molar-refractivity contribution in [3.8, 4) is 0 Å². The van der Waals surface area contributed by atoms with Crippen LogP contribution < -0.4 is 10.6 Å². The average Bonchev–Trinajstić information content (AvgIpc) is 2.53. The van der Waals surface area contributed by atoms with Crippen molar-refractivity contribution < 1.29 is 9.59 Å². The maximum absolute atomic E-state index is 12.3. The van der Waals surface area contributed by atoms with E-state index in [2.05, 4.69) is 10.6 Å². The van der Waals surface area contributed by atoms with Gasteiger partial charge in [-0.15, -0.1) is 12.4 Å². The Bertz CT molecular complexity index is 359. The summed E-state index contributed by atoms with van der Waals surface area (Å²) in [5, 5.41) is 6.38. The SMILES string of the molecule is CCC(=O)NC1CCCN(C(=O)CCC2CCNCC2)C1.Cl. The van der Waals surface area contributed by atoms with Gasteiger partial charge in [0.15, 0.2) is 0 Å². The quantitative estimate of drug-likeness (QED) is 0.806. The molecule has 2 N–H and O–H groups in total. The molecular weight excluding hydrogens is 302 g/mol. The van der Waals surface area contributed by atoms with Crippen LogP contribution in [-0.2, 0) is 9.59 Å². The highest BCUT2D eigenvalue weighted by Crippen LogP contribution is 2.19. The Labute approximate surface area is 140 Å². The lowest BCUT2D eigenvalue weighted by Crippen LogP contribution is -2.49.